The predicted octanol–water partition coefficient (Wildman–Crippen LogP) is 5.69. The summed E-state index contributed by atoms with van der Waals surface area (Å²) in [6.07, 6.45) is 6.21. The molecule has 4 heterocycles. The van der Waals surface area contributed by atoms with E-state index in [-0.39, 0.29) is 36.3 Å². The number of carbonyl (C=O) groups excluding carboxylic acids is 4. The van der Waals surface area contributed by atoms with Crippen LogP contribution in [0.4, 0.5) is 4.79 Å². The maximum atomic E-state index is 13.8. The zero-order valence-corrected chi connectivity index (χ0v) is 29.7. The van der Waals surface area contributed by atoms with Crippen molar-refractivity contribution < 1.29 is 23.9 Å². The van der Waals surface area contributed by atoms with E-state index in [1.165, 1.54) is 14.0 Å². The van der Waals surface area contributed by atoms with E-state index in [2.05, 4.69) is 54.8 Å². The number of aromatic nitrogens is 4. The van der Waals surface area contributed by atoms with Gasteiger partial charge in [-0.15, -0.1) is 0 Å². The quantitative estimate of drug-likeness (QED) is 0.144. The summed E-state index contributed by atoms with van der Waals surface area (Å²) in [6.45, 7) is 2.59. The molecule has 4 amide bonds. The van der Waals surface area contributed by atoms with E-state index < -0.39 is 12.1 Å². The first-order valence-corrected chi connectivity index (χ1v) is 17.8. The first-order valence-electron chi connectivity index (χ1n) is 17.8. The van der Waals surface area contributed by atoms with Crippen LogP contribution in [0.5, 0.6) is 0 Å². The fourth-order valence-electron chi connectivity index (χ4n) is 7.23. The zero-order valence-electron chi connectivity index (χ0n) is 29.7. The number of H-pyrrole nitrogens is 2. The summed E-state index contributed by atoms with van der Waals surface area (Å²) in [4.78, 5) is 69.7. The minimum absolute atomic E-state index is 0.0129. The molecule has 3 atom stereocenters. The fourth-order valence-corrected chi connectivity index (χ4v) is 7.23. The zero-order chi connectivity index (χ0) is 36.9. The molecule has 53 heavy (non-hydrogen) atoms. The van der Waals surface area contributed by atoms with Crippen molar-refractivity contribution in [1.82, 2.24) is 40.4 Å². The number of hydrogen-bond donors (Lipinski definition) is 4. The molecule has 0 bridgehead atoms. The van der Waals surface area contributed by atoms with E-state index in [9.17, 15) is 19.2 Å². The van der Waals surface area contributed by atoms with Crippen LogP contribution in [0.1, 0.15) is 67.9 Å². The molecule has 2 aliphatic rings. The molecule has 2 aliphatic heterocycles. The van der Waals surface area contributed by atoms with Gasteiger partial charge in [0.1, 0.15) is 17.7 Å². The SMILES string of the molecule is COC(=O)N[C@@H](C(=O)N1CCC[C@H]1c1ncc(-c2ccc(-c3ccc(-c4cnc([C@@H]5CCCN5C(=O)CNC(C)=O)[nH]4)cc3)cc2)[nH]1)c1ccccc1. The summed E-state index contributed by atoms with van der Waals surface area (Å²) in [5.74, 6) is 0.899. The summed E-state index contributed by atoms with van der Waals surface area (Å²) < 4.78 is 4.81. The molecular formula is C40H42N8O5. The number of imidazole rings is 2. The smallest absolute Gasteiger partial charge is 0.407 e. The predicted molar refractivity (Wildman–Crippen MR) is 198 cm³/mol. The normalized spacial score (nSPS) is 17.4. The van der Waals surface area contributed by atoms with Crippen molar-refractivity contribution in [2.45, 2.75) is 50.7 Å². The lowest BCUT2D eigenvalue weighted by atomic mass is 10.0. The van der Waals surface area contributed by atoms with Crippen LogP contribution in [-0.4, -0.2) is 80.3 Å². The number of methoxy groups -OCH3 is 1. The summed E-state index contributed by atoms with van der Waals surface area (Å²) in [5, 5.41) is 5.30. The molecule has 2 saturated heterocycles. The first kappa shape index (κ1) is 35.2. The molecule has 5 aromatic rings. The van der Waals surface area contributed by atoms with Crippen LogP contribution in [0.2, 0.25) is 0 Å². The second-order valence-corrected chi connectivity index (χ2v) is 13.3. The lowest BCUT2D eigenvalue weighted by molar-refractivity contribution is -0.134. The molecule has 3 aromatic carbocycles. The molecule has 7 rings (SSSR count). The van der Waals surface area contributed by atoms with Gasteiger partial charge in [0.2, 0.25) is 11.8 Å². The minimum atomic E-state index is -0.875. The van der Waals surface area contributed by atoms with Crippen LogP contribution in [0, 0.1) is 0 Å². The van der Waals surface area contributed by atoms with E-state index in [1.807, 2.05) is 54.6 Å². The third kappa shape index (κ3) is 7.69. The highest BCUT2D eigenvalue weighted by molar-refractivity contribution is 5.87. The molecule has 272 valence electrons. The largest absolute Gasteiger partial charge is 0.453 e. The number of benzene rings is 3. The average Bonchev–Trinajstić information content (AvgIpc) is 4.03. The lowest BCUT2D eigenvalue weighted by Gasteiger charge is -2.28. The number of amides is 4. The van der Waals surface area contributed by atoms with Gasteiger partial charge in [-0.25, -0.2) is 14.8 Å². The van der Waals surface area contributed by atoms with Gasteiger partial charge in [-0.1, -0.05) is 78.9 Å². The maximum absolute atomic E-state index is 13.8. The highest BCUT2D eigenvalue weighted by atomic mass is 16.5. The molecule has 0 radical (unpaired) electrons. The van der Waals surface area contributed by atoms with Gasteiger partial charge in [-0.05, 0) is 53.5 Å². The van der Waals surface area contributed by atoms with Crippen LogP contribution >= 0.6 is 0 Å². The molecule has 0 saturated carbocycles. The van der Waals surface area contributed by atoms with Gasteiger partial charge in [0.25, 0.3) is 5.91 Å². The lowest BCUT2D eigenvalue weighted by Crippen LogP contribution is -2.42. The third-order valence-corrected chi connectivity index (χ3v) is 9.97. The molecular weight excluding hydrogens is 672 g/mol. The fraction of sp³-hybridized carbons (Fsp3) is 0.300. The Hall–Kier alpha value is -6.24. The Morgan fingerprint density at radius 3 is 1.79 bits per heavy atom. The van der Waals surface area contributed by atoms with Gasteiger partial charge >= 0.3 is 6.09 Å². The molecule has 2 aromatic heterocycles. The number of nitrogens with one attached hydrogen (secondary N) is 4. The molecule has 13 heteroatoms. The number of carbonyl (C=O) groups is 4. The first-order chi connectivity index (χ1) is 25.8. The van der Waals surface area contributed by atoms with E-state index >= 15 is 0 Å². The Morgan fingerprint density at radius 2 is 1.26 bits per heavy atom. The number of likely N-dealkylation sites (tertiary alicyclic amines) is 2. The molecule has 0 aliphatic carbocycles. The Labute approximate surface area is 307 Å². The molecule has 4 N–H and O–H groups in total. The van der Waals surface area contributed by atoms with Crippen LogP contribution in [0.25, 0.3) is 33.6 Å². The average molecular weight is 715 g/mol. The van der Waals surface area contributed by atoms with Crippen molar-refractivity contribution in [2.24, 2.45) is 0 Å². The Morgan fingerprint density at radius 1 is 0.755 bits per heavy atom. The highest BCUT2D eigenvalue weighted by Crippen LogP contribution is 2.35. The summed E-state index contributed by atoms with van der Waals surface area (Å²) >= 11 is 0. The van der Waals surface area contributed by atoms with Crippen molar-refractivity contribution in [1.29, 1.82) is 0 Å². The van der Waals surface area contributed by atoms with Gasteiger partial charge in [0, 0.05) is 20.0 Å². The van der Waals surface area contributed by atoms with Crippen molar-refractivity contribution in [2.75, 3.05) is 26.7 Å². The van der Waals surface area contributed by atoms with E-state index in [0.29, 0.717) is 24.5 Å². The standard InChI is InChI=1S/C40H42N8O5/c1-25(49)41-24-35(50)47-20-6-10-33(47)37-42-22-31(44-37)28-16-12-26(13-17-28)27-14-18-29(19-15-27)32-23-43-38(45-32)34-11-7-21-48(34)39(51)36(46-40(52)53-2)30-8-4-3-5-9-30/h3-5,8-9,12-19,22-23,33-34,36H,6-7,10-11,20-21,24H2,1-2H3,(H,41,49)(H,42,44)(H,43,45)(H,46,52)/t33-,34-,36+/m0/s1. The van der Waals surface area contributed by atoms with Gasteiger partial charge in [0.05, 0.1) is 49.5 Å². The van der Waals surface area contributed by atoms with Gasteiger partial charge in [-0.3, -0.25) is 14.4 Å². The van der Waals surface area contributed by atoms with E-state index in [1.54, 1.807) is 22.2 Å². The van der Waals surface area contributed by atoms with Gasteiger partial charge in [-0.2, -0.15) is 0 Å². The third-order valence-electron chi connectivity index (χ3n) is 9.97. The number of rotatable bonds is 10. The topological polar surface area (TPSA) is 165 Å². The van der Waals surface area contributed by atoms with Crippen molar-refractivity contribution in [3.05, 3.63) is 108 Å². The Balaban J connectivity index is 1.01. The number of ether oxygens (including phenoxy) is 1. The molecule has 0 unspecified atom stereocenters. The number of aromatic amines is 2. The Bertz CT molecular complexity index is 2080. The van der Waals surface area contributed by atoms with Gasteiger partial charge < -0.3 is 35.1 Å². The van der Waals surface area contributed by atoms with Gasteiger partial charge in [0.15, 0.2) is 0 Å². The highest BCUT2D eigenvalue weighted by Gasteiger charge is 2.37. The Kier molecular flexibility index (Phi) is 10.3. The number of hydrogen-bond acceptors (Lipinski definition) is 7. The summed E-state index contributed by atoms with van der Waals surface area (Å²) in [7, 11) is 1.28. The maximum Gasteiger partial charge on any atom is 0.407 e. The van der Waals surface area contributed by atoms with E-state index in [4.69, 9.17) is 4.74 Å². The number of alkyl carbamates (subject to hydrolysis) is 1. The van der Waals surface area contributed by atoms with Crippen molar-refractivity contribution >= 4 is 23.8 Å². The minimum Gasteiger partial charge on any atom is -0.453 e. The van der Waals surface area contributed by atoms with Crippen LogP contribution in [-0.2, 0) is 19.1 Å². The second kappa shape index (κ2) is 15.6. The van der Waals surface area contributed by atoms with Crippen molar-refractivity contribution in [3.8, 4) is 33.6 Å². The summed E-state index contributed by atoms with van der Waals surface area (Å²) in [5.41, 5.74) is 6.47. The van der Waals surface area contributed by atoms with Crippen LogP contribution in [0.15, 0.2) is 91.3 Å². The number of nitrogens with zero attached hydrogens (tertiary/aromatic N) is 4. The summed E-state index contributed by atoms with van der Waals surface area (Å²) in [6, 6.07) is 24.4. The molecule has 13 nitrogen and oxygen atoms in total. The monoisotopic (exact) mass is 714 g/mol. The van der Waals surface area contributed by atoms with Crippen LogP contribution in [0.3, 0.4) is 0 Å². The molecule has 0 spiro atoms. The van der Waals surface area contributed by atoms with Crippen LogP contribution < -0.4 is 10.6 Å². The molecule has 2 fully saturated rings. The second-order valence-electron chi connectivity index (χ2n) is 13.3. The van der Waals surface area contributed by atoms with E-state index in [0.717, 1.165) is 65.1 Å². The van der Waals surface area contributed by atoms with Crippen molar-refractivity contribution in [3.63, 3.8) is 0 Å².